The topological polar surface area (TPSA) is 71.5 Å². The number of phenols is 1. The van der Waals surface area contributed by atoms with Gasteiger partial charge in [-0.2, -0.15) is 0 Å². The fraction of sp³-hybridized carbons (Fsp3) is 0.565. The predicted octanol–water partition coefficient (Wildman–Crippen LogP) is 5.51. The third-order valence-electron chi connectivity index (χ3n) is 4.46. The summed E-state index contributed by atoms with van der Waals surface area (Å²) in [5, 5.41) is 13.9. The number of aromatic hydroxyl groups is 1. The smallest absolute Gasteiger partial charge is 0.407 e. The molecular weight excluding hydrogens is 352 g/mol. The van der Waals surface area contributed by atoms with Crippen molar-refractivity contribution in [3.8, 4) is 5.75 Å². The molecule has 0 radical (unpaired) electrons. The number of hydrogen-bond acceptors (Lipinski definition) is 4. The molecule has 1 heterocycles. The second kappa shape index (κ2) is 9.26. The van der Waals surface area contributed by atoms with Crippen LogP contribution in [0.2, 0.25) is 0 Å². The number of rotatable bonds is 7. The highest BCUT2D eigenvalue weighted by Crippen LogP contribution is 2.29. The summed E-state index contributed by atoms with van der Waals surface area (Å²) in [6.45, 7) is 12.4. The van der Waals surface area contributed by atoms with Crippen LogP contribution < -0.4 is 5.32 Å². The molecule has 2 rings (SSSR count). The summed E-state index contributed by atoms with van der Waals surface area (Å²) in [6, 6.07) is 5.33. The van der Waals surface area contributed by atoms with E-state index in [1.54, 1.807) is 12.1 Å². The molecule has 28 heavy (non-hydrogen) atoms. The molecule has 0 saturated heterocycles. The van der Waals surface area contributed by atoms with Crippen molar-refractivity contribution in [2.75, 3.05) is 0 Å². The lowest BCUT2D eigenvalue weighted by atomic mass is 9.92. The molecule has 2 aromatic rings. The summed E-state index contributed by atoms with van der Waals surface area (Å²) in [4.78, 5) is 17.1. The molecule has 154 valence electrons. The highest BCUT2D eigenvalue weighted by Gasteiger charge is 2.19. The molecule has 1 aromatic heterocycles. The lowest BCUT2D eigenvalue weighted by molar-refractivity contribution is 0.0523. The van der Waals surface area contributed by atoms with E-state index in [-0.39, 0.29) is 5.75 Å². The van der Waals surface area contributed by atoms with Crippen molar-refractivity contribution < 1.29 is 14.6 Å². The fourth-order valence-corrected chi connectivity index (χ4v) is 3.29. The Balaban J connectivity index is 2.49. The number of aryl methyl sites for hydroxylation is 1. The Morgan fingerprint density at radius 2 is 1.96 bits per heavy atom. The molecule has 1 amide bonds. The highest BCUT2D eigenvalue weighted by atomic mass is 16.6. The van der Waals surface area contributed by atoms with E-state index in [1.165, 1.54) is 0 Å². The number of amides is 1. The van der Waals surface area contributed by atoms with Crippen molar-refractivity contribution in [2.45, 2.75) is 79.4 Å². The van der Waals surface area contributed by atoms with Gasteiger partial charge >= 0.3 is 6.09 Å². The van der Waals surface area contributed by atoms with Gasteiger partial charge in [-0.05, 0) is 75.3 Å². The Morgan fingerprint density at radius 1 is 1.25 bits per heavy atom. The van der Waals surface area contributed by atoms with Crippen molar-refractivity contribution in [1.29, 1.82) is 0 Å². The Labute approximate surface area is 168 Å². The minimum Gasteiger partial charge on any atom is -0.508 e. The summed E-state index contributed by atoms with van der Waals surface area (Å²) >= 11 is 0. The van der Waals surface area contributed by atoms with Crippen LogP contribution in [0.25, 0.3) is 10.9 Å². The van der Waals surface area contributed by atoms with E-state index in [2.05, 4.69) is 26.1 Å². The molecule has 0 unspecified atom stereocenters. The zero-order valence-electron chi connectivity index (χ0n) is 18.1. The second-order valence-corrected chi connectivity index (χ2v) is 8.77. The first-order chi connectivity index (χ1) is 13.1. The number of nitrogens with one attached hydrogen (secondary N) is 1. The number of nitrogens with zero attached hydrogens (tertiary/aromatic N) is 1. The van der Waals surface area contributed by atoms with Gasteiger partial charge in [-0.25, -0.2) is 4.79 Å². The van der Waals surface area contributed by atoms with Gasteiger partial charge in [0.05, 0.1) is 5.52 Å². The fourth-order valence-electron chi connectivity index (χ4n) is 3.29. The number of aromatic nitrogens is 1. The lowest BCUT2D eigenvalue weighted by Crippen LogP contribution is -2.32. The van der Waals surface area contributed by atoms with E-state index in [9.17, 15) is 9.90 Å². The highest BCUT2D eigenvalue weighted by molar-refractivity contribution is 5.85. The van der Waals surface area contributed by atoms with Gasteiger partial charge in [0, 0.05) is 17.6 Å². The third-order valence-corrected chi connectivity index (χ3v) is 4.46. The van der Waals surface area contributed by atoms with Gasteiger partial charge in [0.2, 0.25) is 0 Å². The number of unbranched alkanes of at least 4 members (excludes halogenated alkanes) is 1. The number of carbonyl (C=O) groups excluding carboxylic acids is 1. The molecular formula is C23H34N2O3. The Morgan fingerprint density at radius 3 is 2.57 bits per heavy atom. The van der Waals surface area contributed by atoms with Crippen LogP contribution in [-0.4, -0.2) is 21.8 Å². The van der Waals surface area contributed by atoms with Crippen molar-refractivity contribution in [3.63, 3.8) is 0 Å². The number of carbonyl (C=O) groups is 1. The number of fused-ring (bicyclic) bond motifs is 1. The predicted molar refractivity (Wildman–Crippen MR) is 114 cm³/mol. The standard InChI is InChI=1S/C23H34N2O3/c1-7-8-9-17-18-13-16(26)10-11-20(18)25-21(12-15(2)3)19(17)14-24-22(27)28-23(4,5)6/h10-11,13,15,26H,7-9,12,14H2,1-6H3,(H,24,27). The van der Waals surface area contributed by atoms with Crippen molar-refractivity contribution in [1.82, 2.24) is 10.3 Å². The molecule has 0 saturated carbocycles. The molecule has 0 aliphatic rings. The second-order valence-electron chi connectivity index (χ2n) is 8.77. The average molecular weight is 387 g/mol. The van der Waals surface area contributed by atoms with Crippen molar-refractivity contribution in [3.05, 3.63) is 35.0 Å². The maximum Gasteiger partial charge on any atom is 0.407 e. The van der Waals surface area contributed by atoms with E-state index in [0.717, 1.165) is 53.4 Å². The Bertz CT molecular complexity index is 823. The van der Waals surface area contributed by atoms with Gasteiger partial charge in [0.1, 0.15) is 11.4 Å². The summed E-state index contributed by atoms with van der Waals surface area (Å²) in [6.07, 6.45) is 3.40. The molecule has 5 nitrogen and oxygen atoms in total. The number of alkyl carbamates (subject to hydrolysis) is 1. The van der Waals surface area contributed by atoms with Gasteiger partial charge < -0.3 is 15.2 Å². The molecule has 0 bridgehead atoms. The van der Waals surface area contributed by atoms with Crippen molar-refractivity contribution in [2.24, 2.45) is 5.92 Å². The van der Waals surface area contributed by atoms with Crippen LogP contribution in [0, 0.1) is 5.92 Å². The van der Waals surface area contributed by atoms with E-state index < -0.39 is 11.7 Å². The number of phenolic OH excluding ortho intramolecular Hbond substituents is 1. The first-order valence-corrected chi connectivity index (χ1v) is 10.2. The van der Waals surface area contributed by atoms with Crippen LogP contribution in [-0.2, 0) is 24.1 Å². The van der Waals surface area contributed by atoms with E-state index in [4.69, 9.17) is 9.72 Å². The number of ether oxygens (including phenoxy) is 1. The average Bonchev–Trinajstić information content (AvgIpc) is 2.56. The quantitative estimate of drug-likeness (QED) is 0.658. The molecule has 0 fully saturated rings. The lowest BCUT2D eigenvalue weighted by Gasteiger charge is -2.22. The number of hydrogen-bond donors (Lipinski definition) is 2. The van der Waals surface area contributed by atoms with Gasteiger partial charge in [0.25, 0.3) is 0 Å². The van der Waals surface area contributed by atoms with Crippen LogP contribution >= 0.6 is 0 Å². The van der Waals surface area contributed by atoms with Crippen molar-refractivity contribution >= 4 is 17.0 Å². The molecule has 1 aromatic carbocycles. The maximum absolute atomic E-state index is 12.2. The molecule has 5 heteroatoms. The molecule has 0 aliphatic carbocycles. The monoisotopic (exact) mass is 386 g/mol. The zero-order chi connectivity index (χ0) is 20.9. The first kappa shape index (κ1) is 22.0. The number of benzene rings is 1. The van der Waals surface area contributed by atoms with E-state index in [1.807, 2.05) is 26.8 Å². The largest absolute Gasteiger partial charge is 0.508 e. The summed E-state index contributed by atoms with van der Waals surface area (Å²) in [5.41, 5.74) is 3.57. The van der Waals surface area contributed by atoms with E-state index in [0.29, 0.717) is 12.5 Å². The van der Waals surface area contributed by atoms with Crippen LogP contribution in [0.1, 0.15) is 71.2 Å². The third kappa shape index (κ3) is 6.11. The van der Waals surface area contributed by atoms with Gasteiger partial charge in [-0.3, -0.25) is 4.98 Å². The summed E-state index contributed by atoms with van der Waals surface area (Å²) in [5.74, 6) is 0.677. The van der Waals surface area contributed by atoms with Gasteiger partial charge in [-0.15, -0.1) is 0 Å². The molecule has 0 atom stereocenters. The van der Waals surface area contributed by atoms with Crippen LogP contribution in [0.4, 0.5) is 4.79 Å². The first-order valence-electron chi connectivity index (χ1n) is 10.2. The minimum absolute atomic E-state index is 0.231. The Hall–Kier alpha value is -2.30. The molecule has 0 aliphatic heterocycles. The normalized spacial score (nSPS) is 11.8. The van der Waals surface area contributed by atoms with Crippen LogP contribution in [0.5, 0.6) is 5.75 Å². The number of pyridine rings is 1. The van der Waals surface area contributed by atoms with Gasteiger partial charge in [-0.1, -0.05) is 27.2 Å². The minimum atomic E-state index is -0.538. The maximum atomic E-state index is 12.2. The Kier molecular flexibility index (Phi) is 7.28. The summed E-state index contributed by atoms with van der Waals surface area (Å²) < 4.78 is 5.40. The van der Waals surface area contributed by atoms with Crippen LogP contribution in [0.3, 0.4) is 0 Å². The molecule has 2 N–H and O–H groups in total. The summed E-state index contributed by atoms with van der Waals surface area (Å²) in [7, 11) is 0. The van der Waals surface area contributed by atoms with E-state index >= 15 is 0 Å². The molecule has 0 spiro atoms. The zero-order valence-corrected chi connectivity index (χ0v) is 18.1. The van der Waals surface area contributed by atoms with Gasteiger partial charge in [0.15, 0.2) is 0 Å². The van der Waals surface area contributed by atoms with Crippen LogP contribution in [0.15, 0.2) is 18.2 Å². The SMILES string of the molecule is CCCCc1c(CNC(=O)OC(C)(C)C)c(CC(C)C)nc2ccc(O)cc12.